The highest BCUT2D eigenvalue weighted by Crippen LogP contribution is 2.37. The zero-order chi connectivity index (χ0) is 13.2. The molecule has 0 saturated carbocycles. The van der Waals surface area contributed by atoms with Gasteiger partial charge in [-0.15, -0.1) is 0 Å². The summed E-state index contributed by atoms with van der Waals surface area (Å²) in [5, 5.41) is 9.69. The first-order chi connectivity index (χ1) is 8.50. The summed E-state index contributed by atoms with van der Waals surface area (Å²) in [5.74, 6) is -0.705. The Morgan fingerprint density at radius 2 is 2.00 bits per heavy atom. The van der Waals surface area contributed by atoms with Crippen molar-refractivity contribution in [1.29, 1.82) is 0 Å². The number of para-hydroxylation sites is 1. The van der Waals surface area contributed by atoms with Gasteiger partial charge in [-0.2, -0.15) is 0 Å². The summed E-state index contributed by atoms with van der Waals surface area (Å²) in [6.45, 7) is 3.80. The van der Waals surface area contributed by atoms with Crippen LogP contribution in [-0.4, -0.2) is 24.2 Å². The number of piperidine rings is 1. The quantitative estimate of drug-likeness (QED) is 0.912. The molecule has 98 valence electrons. The van der Waals surface area contributed by atoms with Crippen LogP contribution in [0.5, 0.6) is 0 Å². The van der Waals surface area contributed by atoms with Gasteiger partial charge >= 0.3 is 5.97 Å². The molecule has 3 nitrogen and oxygen atoms in total. The van der Waals surface area contributed by atoms with Crippen molar-refractivity contribution >= 4 is 23.3 Å². The molecule has 4 heteroatoms. The standard InChI is InChI=1S/C14H18ClNO2/c1-14(10-13(17)18)6-8-16(9-7-14)12-5-3-2-4-11(12)15/h2-5H,6-10H2,1H3,(H,17,18). The number of hydrogen-bond acceptors (Lipinski definition) is 2. The summed E-state index contributed by atoms with van der Waals surface area (Å²) >= 11 is 6.18. The molecule has 1 aliphatic heterocycles. The number of benzene rings is 1. The maximum Gasteiger partial charge on any atom is 0.303 e. The topological polar surface area (TPSA) is 40.5 Å². The largest absolute Gasteiger partial charge is 0.481 e. The third kappa shape index (κ3) is 2.96. The molecule has 0 radical (unpaired) electrons. The van der Waals surface area contributed by atoms with Gasteiger partial charge in [0.25, 0.3) is 0 Å². The molecule has 1 aliphatic rings. The maximum absolute atomic E-state index is 10.8. The van der Waals surface area contributed by atoms with Crippen LogP contribution < -0.4 is 4.90 Å². The highest BCUT2D eigenvalue weighted by Gasteiger charge is 2.32. The average molecular weight is 268 g/mol. The fourth-order valence-electron chi connectivity index (χ4n) is 2.54. The third-order valence-electron chi connectivity index (χ3n) is 3.74. The van der Waals surface area contributed by atoms with Crippen LogP contribution in [0.25, 0.3) is 0 Å². The Morgan fingerprint density at radius 3 is 2.56 bits per heavy atom. The van der Waals surface area contributed by atoms with Gasteiger partial charge in [-0.1, -0.05) is 30.7 Å². The van der Waals surface area contributed by atoms with Gasteiger partial charge in [-0.25, -0.2) is 0 Å². The molecule has 0 aliphatic carbocycles. The van der Waals surface area contributed by atoms with E-state index in [1.54, 1.807) is 0 Å². The summed E-state index contributed by atoms with van der Waals surface area (Å²) in [6.07, 6.45) is 2.04. The Kier molecular flexibility index (Phi) is 3.81. The number of halogens is 1. The van der Waals surface area contributed by atoms with Crippen LogP contribution in [0.3, 0.4) is 0 Å². The molecular formula is C14H18ClNO2. The van der Waals surface area contributed by atoms with Crippen molar-refractivity contribution < 1.29 is 9.90 Å². The Hall–Kier alpha value is -1.22. The molecule has 1 heterocycles. The lowest BCUT2D eigenvalue weighted by Gasteiger charge is -2.40. The van der Waals surface area contributed by atoms with Gasteiger partial charge in [-0.05, 0) is 30.4 Å². The third-order valence-corrected chi connectivity index (χ3v) is 4.06. The summed E-state index contributed by atoms with van der Waals surface area (Å²) in [6, 6.07) is 7.81. The zero-order valence-corrected chi connectivity index (χ0v) is 11.3. The van der Waals surface area contributed by atoms with E-state index in [2.05, 4.69) is 11.8 Å². The number of hydrogen-bond donors (Lipinski definition) is 1. The monoisotopic (exact) mass is 267 g/mol. The van der Waals surface area contributed by atoms with Gasteiger partial charge in [-0.3, -0.25) is 4.79 Å². The lowest BCUT2D eigenvalue weighted by Crippen LogP contribution is -2.39. The minimum Gasteiger partial charge on any atom is -0.481 e. The molecule has 0 atom stereocenters. The van der Waals surface area contributed by atoms with E-state index in [4.69, 9.17) is 16.7 Å². The van der Waals surface area contributed by atoms with Crippen molar-refractivity contribution in [2.45, 2.75) is 26.2 Å². The fraction of sp³-hybridized carbons (Fsp3) is 0.500. The lowest BCUT2D eigenvalue weighted by molar-refractivity contribution is -0.139. The van der Waals surface area contributed by atoms with Gasteiger partial charge in [0.1, 0.15) is 0 Å². The Balaban J connectivity index is 2.03. The van der Waals surface area contributed by atoms with Crippen LogP contribution in [-0.2, 0) is 4.79 Å². The number of carboxylic acid groups (broad SMARTS) is 1. The van der Waals surface area contributed by atoms with Crippen molar-refractivity contribution in [3.63, 3.8) is 0 Å². The van der Waals surface area contributed by atoms with Crippen LogP contribution in [0.15, 0.2) is 24.3 Å². The summed E-state index contributed by atoms with van der Waals surface area (Å²) < 4.78 is 0. The second-order valence-electron chi connectivity index (χ2n) is 5.32. The van der Waals surface area contributed by atoms with Gasteiger partial charge in [0.15, 0.2) is 0 Å². The first kappa shape index (κ1) is 13.2. The molecule has 1 fully saturated rings. The molecule has 0 aromatic heterocycles. The van der Waals surface area contributed by atoms with Crippen LogP contribution in [0, 0.1) is 5.41 Å². The fourth-order valence-corrected chi connectivity index (χ4v) is 2.79. The second kappa shape index (κ2) is 5.19. The Morgan fingerprint density at radius 1 is 1.39 bits per heavy atom. The molecule has 1 aromatic rings. The molecule has 0 spiro atoms. The first-order valence-corrected chi connectivity index (χ1v) is 6.59. The average Bonchev–Trinajstić information content (AvgIpc) is 2.30. The Bertz CT molecular complexity index is 439. The minimum absolute atomic E-state index is 0.0798. The first-order valence-electron chi connectivity index (χ1n) is 6.21. The number of carboxylic acids is 1. The number of rotatable bonds is 3. The normalized spacial score (nSPS) is 18.7. The SMILES string of the molecule is CC1(CC(=O)O)CCN(c2ccccc2Cl)CC1. The number of anilines is 1. The van der Waals surface area contributed by atoms with Crippen molar-refractivity contribution in [3.05, 3.63) is 29.3 Å². The van der Waals surface area contributed by atoms with E-state index >= 15 is 0 Å². The van der Waals surface area contributed by atoms with Crippen molar-refractivity contribution in [1.82, 2.24) is 0 Å². The van der Waals surface area contributed by atoms with Gasteiger partial charge in [0.05, 0.1) is 17.1 Å². The van der Waals surface area contributed by atoms with E-state index in [1.807, 2.05) is 24.3 Å². The molecule has 18 heavy (non-hydrogen) atoms. The van der Waals surface area contributed by atoms with Gasteiger partial charge in [0.2, 0.25) is 0 Å². The van der Waals surface area contributed by atoms with Crippen molar-refractivity contribution in [2.24, 2.45) is 5.41 Å². The number of aliphatic carboxylic acids is 1. The minimum atomic E-state index is -0.705. The summed E-state index contributed by atoms with van der Waals surface area (Å²) in [7, 11) is 0. The van der Waals surface area contributed by atoms with Crippen LogP contribution in [0.4, 0.5) is 5.69 Å². The van der Waals surface area contributed by atoms with E-state index in [-0.39, 0.29) is 11.8 Å². The highest BCUT2D eigenvalue weighted by atomic mass is 35.5. The van der Waals surface area contributed by atoms with Crippen molar-refractivity contribution in [2.75, 3.05) is 18.0 Å². The van der Waals surface area contributed by atoms with Gasteiger partial charge < -0.3 is 10.0 Å². The molecule has 0 unspecified atom stereocenters. The molecule has 0 amide bonds. The molecule has 2 rings (SSSR count). The predicted octanol–water partition coefficient (Wildman–Crippen LogP) is 3.42. The number of carbonyl (C=O) groups is 1. The second-order valence-corrected chi connectivity index (χ2v) is 5.73. The van der Waals surface area contributed by atoms with Crippen molar-refractivity contribution in [3.8, 4) is 0 Å². The summed E-state index contributed by atoms with van der Waals surface area (Å²) in [4.78, 5) is 13.1. The van der Waals surface area contributed by atoms with E-state index in [9.17, 15) is 4.79 Å². The van der Waals surface area contributed by atoms with Crippen LogP contribution >= 0.6 is 11.6 Å². The van der Waals surface area contributed by atoms with E-state index in [1.165, 1.54) is 0 Å². The van der Waals surface area contributed by atoms with Gasteiger partial charge in [0, 0.05) is 13.1 Å². The summed E-state index contributed by atoms with van der Waals surface area (Å²) in [5.41, 5.74) is 0.973. The van der Waals surface area contributed by atoms with E-state index < -0.39 is 5.97 Å². The van der Waals surface area contributed by atoms with E-state index in [0.29, 0.717) is 0 Å². The molecule has 1 N–H and O–H groups in total. The van der Waals surface area contributed by atoms with E-state index in [0.717, 1.165) is 36.6 Å². The smallest absolute Gasteiger partial charge is 0.303 e. The lowest BCUT2D eigenvalue weighted by atomic mass is 9.77. The van der Waals surface area contributed by atoms with Crippen LogP contribution in [0.2, 0.25) is 5.02 Å². The molecule has 0 bridgehead atoms. The van der Waals surface area contributed by atoms with Crippen LogP contribution in [0.1, 0.15) is 26.2 Å². The molecule has 1 aromatic carbocycles. The number of nitrogens with zero attached hydrogens (tertiary/aromatic N) is 1. The molecular weight excluding hydrogens is 250 g/mol. The highest BCUT2D eigenvalue weighted by molar-refractivity contribution is 6.33. The molecule has 1 saturated heterocycles. The predicted molar refractivity (Wildman–Crippen MR) is 73.3 cm³/mol. The maximum atomic E-state index is 10.8. The Labute approximate surface area is 112 Å². The zero-order valence-electron chi connectivity index (χ0n) is 10.5.